The first-order valence-electron chi connectivity index (χ1n) is 4.23. The maximum Gasteiger partial charge on any atom is 0.314 e. The average molecular weight is 303 g/mol. The van der Waals surface area contributed by atoms with Gasteiger partial charge in [0.1, 0.15) is 11.9 Å². The molecule has 0 radical (unpaired) electrons. The number of hydrogen-bond donors (Lipinski definition) is 1. The van der Waals surface area contributed by atoms with E-state index in [0.29, 0.717) is 16.3 Å². The highest BCUT2D eigenvalue weighted by Crippen LogP contribution is 2.34. The van der Waals surface area contributed by atoms with Gasteiger partial charge in [0.15, 0.2) is 0 Å². The van der Waals surface area contributed by atoms with Crippen LogP contribution in [-0.4, -0.2) is 15.1 Å². The molecule has 5 nitrogen and oxygen atoms in total. The molecular formula is C9H5BrClN3O2. The third-order valence-corrected chi connectivity index (χ3v) is 2.82. The minimum absolute atomic E-state index is 0.0933. The molecule has 1 N–H and O–H groups in total. The molecule has 0 spiro atoms. The fourth-order valence-corrected chi connectivity index (χ4v) is 2.08. The molecule has 0 atom stereocenters. The van der Waals surface area contributed by atoms with E-state index < -0.39 is 4.92 Å². The molecule has 2 rings (SSSR count). The van der Waals surface area contributed by atoms with Gasteiger partial charge in [0, 0.05) is 10.0 Å². The largest absolute Gasteiger partial charge is 0.314 e. The van der Waals surface area contributed by atoms with Crippen molar-refractivity contribution in [3.8, 4) is 11.3 Å². The summed E-state index contributed by atoms with van der Waals surface area (Å²) in [6.07, 6.45) is 1.16. The quantitative estimate of drug-likeness (QED) is 0.682. The smallest absolute Gasteiger partial charge is 0.271 e. The second kappa shape index (κ2) is 4.23. The number of rotatable bonds is 2. The van der Waals surface area contributed by atoms with Crippen LogP contribution in [0, 0.1) is 10.1 Å². The fourth-order valence-electron chi connectivity index (χ4n) is 1.31. The van der Waals surface area contributed by atoms with Gasteiger partial charge in [-0.25, -0.2) is 0 Å². The molecule has 1 heterocycles. The normalized spacial score (nSPS) is 10.4. The Labute approximate surface area is 104 Å². The van der Waals surface area contributed by atoms with E-state index in [9.17, 15) is 10.1 Å². The van der Waals surface area contributed by atoms with E-state index in [1.807, 2.05) is 0 Å². The number of nitrogens with one attached hydrogen (secondary N) is 1. The number of benzene rings is 1. The van der Waals surface area contributed by atoms with Crippen molar-refractivity contribution in [2.45, 2.75) is 0 Å². The van der Waals surface area contributed by atoms with Crippen molar-refractivity contribution in [3.05, 3.63) is 44.0 Å². The third kappa shape index (κ3) is 1.94. The van der Waals surface area contributed by atoms with E-state index in [4.69, 9.17) is 11.6 Å². The monoisotopic (exact) mass is 301 g/mol. The number of hydrogen-bond acceptors (Lipinski definition) is 3. The summed E-state index contributed by atoms with van der Waals surface area (Å²) in [6, 6.07) is 5.11. The van der Waals surface area contributed by atoms with Gasteiger partial charge in [0.2, 0.25) is 0 Å². The summed E-state index contributed by atoms with van der Waals surface area (Å²) in [4.78, 5) is 10.2. The summed E-state index contributed by atoms with van der Waals surface area (Å²) in [5.74, 6) is 0. The Morgan fingerprint density at radius 3 is 2.88 bits per heavy atom. The van der Waals surface area contributed by atoms with Crippen LogP contribution in [0.1, 0.15) is 0 Å². The molecule has 0 fully saturated rings. The number of H-pyrrole nitrogens is 1. The number of aromatic amines is 1. The van der Waals surface area contributed by atoms with Gasteiger partial charge in [-0.2, -0.15) is 5.10 Å². The van der Waals surface area contributed by atoms with Crippen LogP contribution in [-0.2, 0) is 0 Å². The molecule has 16 heavy (non-hydrogen) atoms. The van der Waals surface area contributed by atoms with Crippen molar-refractivity contribution in [3.63, 3.8) is 0 Å². The molecule has 2 aromatic rings. The predicted octanol–water partition coefficient (Wildman–Crippen LogP) is 3.40. The van der Waals surface area contributed by atoms with E-state index in [2.05, 4.69) is 26.1 Å². The summed E-state index contributed by atoms with van der Waals surface area (Å²) >= 11 is 9.26. The summed E-state index contributed by atoms with van der Waals surface area (Å²) in [6.45, 7) is 0. The Morgan fingerprint density at radius 1 is 1.50 bits per heavy atom. The second-order valence-electron chi connectivity index (χ2n) is 3.01. The molecule has 0 aliphatic carbocycles. The molecule has 82 valence electrons. The molecule has 1 aromatic carbocycles. The van der Waals surface area contributed by atoms with Crippen LogP contribution in [0.2, 0.25) is 5.02 Å². The molecule has 1 aromatic heterocycles. The first-order chi connectivity index (χ1) is 7.59. The lowest BCUT2D eigenvalue weighted by molar-refractivity contribution is -0.384. The topological polar surface area (TPSA) is 71.8 Å². The van der Waals surface area contributed by atoms with Crippen LogP contribution in [0.5, 0.6) is 0 Å². The lowest BCUT2D eigenvalue weighted by atomic mass is 10.1. The van der Waals surface area contributed by atoms with E-state index in [1.54, 1.807) is 18.2 Å². The van der Waals surface area contributed by atoms with Gasteiger partial charge in [0.25, 0.3) is 0 Å². The molecule has 0 aliphatic rings. The van der Waals surface area contributed by atoms with Crippen LogP contribution in [0.3, 0.4) is 0 Å². The first kappa shape index (κ1) is 11.1. The Bertz CT molecular complexity index is 555. The molecule has 0 saturated heterocycles. The lowest BCUT2D eigenvalue weighted by Gasteiger charge is -2.01. The maximum atomic E-state index is 10.7. The third-order valence-electron chi connectivity index (χ3n) is 2.02. The van der Waals surface area contributed by atoms with Crippen LogP contribution < -0.4 is 0 Å². The van der Waals surface area contributed by atoms with Crippen molar-refractivity contribution in [1.29, 1.82) is 0 Å². The zero-order chi connectivity index (χ0) is 11.7. The average Bonchev–Trinajstić information content (AvgIpc) is 2.66. The summed E-state index contributed by atoms with van der Waals surface area (Å²) in [5, 5.41) is 17.4. The minimum Gasteiger partial charge on any atom is -0.271 e. The van der Waals surface area contributed by atoms with Crippen molar-refractivity contribution in [2.75, 3.05) is 0 Å². The fraction of sp³-hybridized carbons (Fsp3) is 0. The minimum atomic E-state index is -0.503. The highest BCUT2D eigenvalue weighted by molar-refractivity contribution is 9.10. The van der Waals surface area contributed by atoms with Gasteiger partial charge in [0.05, 0.1) is 9.95 Å². The van der Waals surface area contributed by atoms with E-state index in [-0.39, 0.29) is 5.69 Å². The number of halogens is 2. The summed E-state index contributed by atoms with van der Waals surface area (Å²) in [5.41, 5.74) is 0.765. The van der Waals surface area contributed by atoms with E-state index in [0.717, 1.165) is 10.7 Å². The van der Waals surface area contributed by atoms with Gasteiger partial charge >= 0.3 is 5.69 Å². The Morgan fingerprint density at radius 2 is 2.25 bits per heavy atom. The van der Waals surface area contributed by atoms with Crippen LogP contribution >= 0.6 is 27.5 Å². The molecule has 0 bridgehead atoms. The molecule has 0 amide bonds. The van der Waals surface area contributed by atoms with Gasteiger partial charge < -0.3 is 0 Å². The van der Waals surface area contributed by atoms with Gasteiger partial charge in [-0.15, -0.1) is 0 Å². The summed E-state index contributed by atoms with van der Waals surface area (Å²) < 4.78 is 0.809. The van der Waals surface area contributed by atoms with Crippen LogP contribution in [0.15, 0.2) is 28.9 Å². The molecule has 7 heteroatoms. The van der Waals surface area contributed by atoms with Gasteiger partial charge in [-0.05, 0) is 18.2 Å². The van der Waals surface area contributed by atoms with Crippen molar-refractivity contribution >= 4 is 33.2 Å². The van der Waals surface area contributed by atoms with Crippen LogP contribution in [0.4, 0.5) is 5.69 Å². The molecule has 0 aliphatic heterocycles. The summed E-state index contributed by atoms with van der Waals surface area (Å²) in [7, 11) is 0. The SMILES string of the molecule is O=[N+]([O-])c1cn[nH]c1-c1ccc(Br)cc1Cl. The van der Waals surface area contributed by atoms with Crippen molar-refractivity contribution in [1.82, 2.24) is 10.2 Å². The van der Waals surface area contributed by atoms with E-state index >= 15 is 0 Å². The Hall–Kier alpha value is -1.40. The molecule has 0 saturated carbocycles. The zero-order valence-electron chi connectivity index (χ0n) is 7.78. The lowest BCUT2D eigenvalue weighted by Crippen LogP contribution is -1.89. The van der Waals surface area contributed by atoms with Crippen LogP contribution in [0.25, 0.3) is 11.3 Å². The Balaban J connectivity index is 2.59. The number of nitrogens with zero attached hydrogens (tertiary/aromatic N) is 2. The highest BCUT2D eigenvalue weighted by atomic mass is 79.9. The highest BCUT2D eigenvalue weighted by Gasteiger charge is 2.19. The standard InChI is InChI=1S/C9H5BrClN3O2/c10-5-1-2-6(7(11)3-5)9-8(14(15)16)4-12-13-9/h1-4H,(H,12,13). The van der Waals surface area contributed by atoms with Gasteiger partial charge in [-0.3, -0.25) is 15.2 Å². The second-order valence-corrected chi connectivity index (χ2v) is 4.33. The Kier molecular flexibility index (Phi) is 2.93. The maximum absolute atomic E-state index is 10.7. The molecular weight excluding hydrogens is 297 g/mol. The van der Waals surface area contributed by atoms with Crippen molar-refractivity contribution < 1.29 is 4.92 Å². The number of aromatic nitrogens is 2. The van der Waals surface area contributed by atoms with Gasteiger partial charge in [-0.1, -0.05) is 27.5 Å². The van der Waals surface area contributed by atoms with Crippen molar-refractivity contribution in [2.24, 2.45) is 0 Å². The van der Waals surface area contributed by atoms with E-state index in [1.165, 1.54) is 0 Å². The first-order valence-corrected chi connectivity index (χ1v) is 5.40. The zero-order valence-corrected chi connectivity index (χ0v) is 10.1. The predicted molar refractivity (Wildman–Crippen MR) is 63.4 cm³/mol. The molecule has 0 unspecified atom stereocenters. The number of nitro groups is 1.